The summed E-state index contributed by atoms with van der Waals surface area (Å²) >= 11 is 6.12. The fourth-order valence-corrected chi connectivity index (χ4v) is 3.58. The second-order valence-corrected chi connectivity index (χ2v) is 6.63. The van der Waals surface area contributed by atoms with Gasteiger partial charge in [0.05, 0.1) is 30.3 Å². The van der Waals surface area contributed by atoms with Gasteiger partial charge in [-0.1, -0.05) is 23.7 Å². The molecule has 4 rings (SSSR count). The fraction of sp³-hybridized carbons (Fsp3) is 0.200. The molecule has 4 nitrogen and oxygen atoms in total. The molecular weight excluding hydrogens is 336 g/mol. The van der Waals surface area contributed by atoms with Gasteiger partial charge in [-0.3, -0.25) is 4.79 Å². The highest BCUT2D eigenvalue weighted by Gasteiger charge is 2.30. The van der Waals surface area contributed by atoms with Crippen molar-refractivity contribution < 1.29 is 9.53 Å². The Balaban J connectivity index is 1.72. The zero-order valence-electron chi connectivity index (χ0n) is 13.8. The van der Waals surface area contributed by atoms with E-state index in [1.165, 1.54) is 0 Å². The van der Waals surface area contributed by atoms with Crippen LogP contribution in [0.2, 0.25) is 5.02 Å². The molecule has 0 aliphatic heterocycles. The van der Waals surface area contributed by atoms with E-state index in [-0.39, 0.29) is 11.7 Å². The second-order valence-electron chi connectivity index (χ2n) is 6.20. The number of rotatable bonds is 3. The van der Waals surface area contributed by atoms with Crippen molar-refractivity contribution in [2.75, 3.05) is 7.11 Å². The van der Waals surface area contributed by atoms with Gasteiger partial charge in [0.25, 0.3) is 0 Å². The van der Waals surface area contributed by atoms with E-state index in [2.05, 4.69) is 5.10 Å². The lowest BCUT2D eigenvalue weighted by molar-refractivity contribution is 0.0963. The number of hydrogen-bond acceptors (Lipinski definition) is 3. The molecule has 1 heterocycles. The number of ketones is 1. The molecule has 0 amide bonds. The van der Waals surface area contributed by atoms with Gasteiger partial charge >= 0.3 is 0 Å². The van der Waals surface area contributed by atoms with Gasteiger partial charge in [0.2, 0.25) is 0 Å². The maximum absolute atomic E-state index is 12.6. The molecule has 1 atom stereocenters. The van der Waals surface area contributed by atoms with Crippen molar-refractivity contribution in [2.45, 2.75) is 18.8 Å². The Hall–Kier alpha value is -2.59. The molecule has 0 saturated carbocycles. The Morgan fingerprint density at radius 1 is 1.16 bits per heavy atom. The second kappa shape index (κ2) is 6.37. The molecule has 126 valence electrons. The van der Waals surface area contributed by atoms with Crippen LogP contribution in [0.25, 0.3) is 5.69 Å². The Labute approximate surface area is 151 Å². The van der Waals surface area contributed by atoms with Gasteiger partial charge in [-0.25, -0.2) is 4.68 Å². The number of halogens is 1. The Morgan fingerprint density at radius 2 is 1.96 bits per heavy atom. The SMILES string of the molecule is COc1ccc(-n2ncc3c2C[C@H](c2cccc(Cl)c2)CC3=O)cc1. The van der Waals surface area contributed by atoms with Gasteiger partial charge in [-0.2, -0.15) is 5.10 Å². The first-order valence-corrected chi connectivity index (χ1v) is 8.53. The quantitative estimate of drug-likeness (QED) is 0.699. The summed E-state index contributed by atoms with van der Waals surface area (Å²) in [6.45, 7) is 0. The van der Waals surface area contributed by atoms with Crippen molar-refractivity contribution in [1.82, 2.24) is 9.78 Å². The molecule has 5 heteroatoms. The van der Waals surface area contributed by atoms with E-state index in [0.29, 0.717) is 17.0 Å². The predicted molar refractivity (Wildman–Crippen MR) is 97.0 cm³/mol. The van der Waals surface area contributed by atoms with Crippen LogP contribution in [-0.2, 0) is 6.42 Å². The summed E-state index contributed by atoms with van der Waals surface area (Å²) in [4.78, 5) is 12.6. The number of carbonyl (C=O) groups excluding carboxylic acids is 1. The first kappa shape index (κ1) is 15.9. The van der Waals surface area contributed by atoms with Crippen molar-refractivity contribution in [3.63, 3.8) is 0 Å². The summed E-state index contributed by atoms with van der Waals surface area (Å²) in [5.41, 5.74) is 3.68. The number of ether oxygens (including phenoxy) is 1. The molecule has 1 aliphatic carbocycles. The summed E-state index contributed by atoms with van der Waals surface area (Å²) < 4.78 is 7.06. The number of Topliss-reactive ketones (excluding diaryl/α,β-unsaturated/α-hetero) is 1. The highest BCUT2D eigenvalue weighted by atomic mass is 35.5. The van der Waals surface area contributed by atoms with E-state index >= 15 is 0 Å². The first-order valence-electron chi connectivity index (χ1n) is 8.15. The molecular formula is C20H17ClN2O2. The molecule has 0 unspecified atom stereocenters. The molecule has 0 saturated heterocycles. The average Bonchev–Trinajstić information content (AvgIpc) is 3.06. The van der Waals surface area contributed by atoms with E-state index < -0.39 is 0 Å². The third-order valence-corrected chi connectivity index (χ3v) is 4.91. The summed E-state index contributed by atoms with van der Waals surface area (Å²) in [6.07, 6.45) is 2.92. The Morgan fingerprint density at radius 3 is 2.68 bits per heavy atom. The number of fused-ring (bicyclic) bond motifs is 1. The van der Waals surface area contributed by atoms with Crippen LogP contribution in [0.15, 0.2) is 54.7 Å². The molecule has 1 aliphatic rings. The van der Waals surface area contributed by atoms with Crippen LogP contribution in [0.3, 0.4) is 0 Å². The zero-order valence-corrected chi connectivity index (χ0v) is 14.5. The van der Waals surface area contributed by atoms with Crippen LogP contribution in [-0.4, -0.2) is 22.7 Å². The molecule has 3 aromatic rings. The number of hydrogen-bond donors (Lipinski definition) is 0. The van der Waals surface area contributed by atoms with Gasteiger partial charge in [0.15, 0.2) is 5.78 Å². The van der Waals surface area contributed by atoms with E-state index in [1.807, 2.05) is 53.2 Å². The van der Waals surface area contributed by atoms with Gasteiger partial charge in [0.1, 0.15) is 5.75 Å². The van der Waals surface area contributed by atoms with Crippen molar-refractivity contribution >= 4 is 17.4 Å². The standard InChI is InChI=1S/C20H17ClN2O2/c1-25-17-7-5-16(6-8-17)23-19-10-14(11-20(24)18(19)12-22-23)13-3-2-4-15(21)9-13/h2-9,12,14H,10-11H2,1H3/t14-/m0/s1. The van der Waals surface area contributed by atoms with Gasteiger partial charge in [-0.15, -0.1) is 0 Å². The van der Waals surface area contributed by atoms with Gasteiger partial charge in [-0.05, 0) is 54.3 Å². The summed E-state index contributed by atoms with van der Waals surface area (Å²) in [6, 6.07) is 15.4. The lowest BCUT2D eigenvalue weighted by atomic mass is 9.82. The highest BCUT2D eigenvalue weighted by Crippen LogP contribution is 2.34. The van der Waals surface area contributed by atoms with Crippen LogP contribution in [0, 0.1) is 0 Å². The monoisotopic (exact) mass is 352 g/mol. The molecule has 0 N–H and O–H groups in total. The Bertz CT molecular complexity index is 931. The number of aromatic nitrogens is 2. The molecule has 25 heavy (non-hydrogen) atoms. The Kier molecular flexibility index (Phi) is 4.06. The smallest absolute Gasteiger partial charge is 0.166 e. The first-order chi connectivity index (χ1) is 12.2. The van der Waals surface area contributed by atoms with Crippen LogP contribution >= 0.6 is 11.6 Å². The summed E-state index contributed by atoms with van der Waals surface area (Å²) in [7, 11) is 1.64. The zero-order chi connectivity index (χ0) is 17.4. The minimum absolute atomic E-state index is 0.118. The summed E-state index contributed by atoms with van der Waals surface area (Å²) in [5, 5.41) is 5.14. The largest absolute Gasteiger partial charge is 0.497 e. The maximum Gasteiger partial charge on any atom is 0.166 e. The minimum atomic E-state index is 0.118. The third-order valence-electron chi connectivity index (χ3n) is 4.68. The molecule has 0 radical (unpaired) electrons. The van der Waals surface area contributed by atoms with Crippen molar-refractivity contribution in [3.05, 3.63) is 76.6 Å². The van der Waals surface area contributed by atoms with Crippen LogP contribution in [0.5, 0.6) is 5.75 Å². The molecule has 0 spiro atoms. The van der Waals surface area contributed by atoms with E-state index in [9.17, 15) is 4.79 Å². The average molecular weight is 353 g/mol. The minimum Gasteiger partial charge on any atom is -0.497 e. The molecule has 0 bridgehead atoms. The lowest BCUT2D eigenvalue weighted by Gasteiger charge is -2.23. The summed E-state index contributed by atoms with van der Waals surface area (Å²) in [5.74, 6) is 1.04. The van der Waals surface area contributed by atoms with E-state index in [1.54, 1.807) is 13.3 Å². The number of benzene rings is 2. The molecule has 2 aromatic carbocycles. The molecule has 0 fully saturated rings. The molecule has 1 aromatic heterocycles. The van der Waals surface area contributed by atoms with Crippen molar-refractivity contribution in [1.29, 1.82) is 0 Å². The number of nitrogens with zero attached hydrogens (tertiary/aromatic N) is 2. The van der Waals surface area contributed by atoms with Crippen molar-refractivity contribution in [2.24, 2.45) is 0 Å². The van der Waals surface area contributed by atoms with Crippen LogP contribution in [0.4, 0.5) is 0 Å². The van der Waals surface area contributed by atoms with Crippen LogP contribution < -0.4 is 4.74 Å². The predicted octanol–water partition coefficient (Wildman–Crippen LogP) is 4.45. The fourth-order valence-electron chi connectivity index (χ4n) is 3.38. The third kappa shape index (κ3) is 2.94. The maximum atomic E-state index is 12.6. The van der Waals surface area contributed by atoms with Gasteiger partial charge < -0.3 is 4.74 Å². The van der Waals surface area contributed by atoms with E-state index in [4.69, 9.17) is 16.3 Å². The van der Waals surface area contributed by atoms with Gasteiger partial charge in [0, 0.05) is 11.4 Å². The van der Waals surface area contributed by atoms with Crippen molar-refractivity contribution in [3.8, 4) is 11.4 Å². The number of methoxy groups -OCH3 is 1. The van der Waals surface area contributed by atoms with Crippen LogP contribution in [0.1, 0.15) is 34.0 Å². The normalized spacial score (nSPS) is 16.6. The lowest BCUT2D eigenvalue weighted by Crippen LogP contribution is -2.20. The van der Waals surface area contributed by atoms with E-state index in [0.717, 1.165) is 29.1 Å². The number of carbonyl (C=O) groups is 1. The topological polar surface area (TPSA) is 44.1 Å². The highest BCUT2D eigenvalue weighted by molar-refractivity contribution is 6.30.